The van der Waals surface area contributed by atoms with Crippen LogP contribution in [0.4, 0.5) is 15.8 Å². The molecule has 3 heteroatoms. The maximum absolute atomic E-state index is 14.5. The molecule has 21 heavy (non-hydrogen) atoms. The van der Waals surface area contributed by atoms with Gasteiger partial charge >= 0.3 is 0 Å². The smallest absolute Gasteiger partial charge is 0.147 e. The molecular formula is C18H21FN2. The Labute approximate surface area is 125 Å². The molecule has 0 bridgehead atoms. The minimum Gasteiger partial charge on any atom is -0.339 e. The third kappa shape index (κ3) is 2.93. The summed E-state index contributed by atoms with van der Waals surface area (Å²) in [5.74, 6) is -0.137. The van der Waals surface area contributed by atoms with E-state index in [1.54, 1.807) is 6.07 Å². The minimum absolute atomic E-state index is 0.137. The highest BCUT2D eigenvalue weighted by molar-refractivity contribution is 5.68. The van der Waals surface area contributed by atoms with Gasteiger partial charge in [0.1, 0.15) is 5.82 Å². The molecule has 0 aliphatic carbocycles. The van der Waals surface area contributed by atoms with Gasteiger partial charge in [0.05, 0.1) is 5.69 Å². The van der Waals surface area contributed by atoms with Crippen LogP contribution in [0.2, 0.25) is 0 Å². The van der Waals surface area contributed by atoms with E-state index in [-0.39, 0.29) is 5.82 Å². The van der Waals surface area contributed by atoms with Gasteiger partial charge in [0.15, 0.2) is 0 Å². The normalized spacial score (nSPS) is 14.1. The van der Waals surface area contributed by atoms with E-state index in [4.69, 9.17) is 0 Å². The third-order valence-electron chi connectivity index (χ3n) is 3.99. The lowest BCUT2D eigenvalue weighted by molar-refractivity contribution is 0.615. The van der Waals surface area contributed by atoms with Crippen molar-refractivity contribution in [1.82, 2.24) is 5.32 Å². The van der Waals surface area contributed by atoms with E-state index < -0.39 is 0 Å². The summed E-state index contributed by atoms with van der Waals surface area (Å²) in [4.78, 5) is 2.10. The van der Waals surface area contributed by atoms with Crippen LogP contribution in [0.5, 0.6) is 0 Å². The lowest BCUT2D eigenvalue weighted by atomic mass is 10.0. The molecule has 1 N–H and O–H groups in total. The summed E-state index contributed by atoms with van der Waals surface area (Å²) >= 11 is 0. The van der Waals surface area contributed by atoms with Crippen molar-refractivity contribution < 1.29 is 4.39 Å². The average molecular weight is 284 g/mol. The molecule has 0 atom stereocenters. The summed E-state index contributed by atoms with van der Waals surface area (Å²) in [6, 6.07) is 13.9. The molecule has 110 valence electrons. The van der Waals surface area contributed by atoms with Crippen LogP contribution in [-0.4, -0.2) is 13.1 Å². The van der Waals surface area contributed by atoms with Crippen molar-refractivity contribution >= 4 is 11.4 Å². The first-order valence-corrected chi connectivity index (χ1v) is 7.64. The first-order chi connectivity index (χ1) is 10.3. The molecule has 0 amide bonds. The standard InChI is InChI=1S/C18H21FN2/c1-2-20-13-14-9-10-18(16(19)12-14)21-11-5-7-15-6-3-4-8-17(15)21/h3-4,6,8-10,12,20H,2,5,7,11,13H2,1H3. The average Bonchev–Trinajstić information content (AvgIpc) is 2.53. The summed E-state index contributed by atoms with van der Waals surface area (Å²) in [5.41, 5.74) is 4.12. The molecule has 1 heterocycles. The first-order valence-electron chi connectivity index (χ1n) is 7.64. The largest absolute Gasteiger partial charge is 0.339 e. The van der Waals surface area contributed by atoms with Gasteiger partial charge in [-0.2, -0.15) is 0 Å². The Hall–Kier alpha value is -1.87. The lowest BCUT2D eigenvalue weighted by Gasteiger charge is -2.31. The molecule has 1 aliphatic heterocycles. The number of aryl methyl sites for hydroxylation is 1. The third-order valence-corrected chi connectivity index (χ3v) is 3.99. The van der Waals surface area contributed by atoms with Gasteiger partial charge < -0.3 is 10.2 Å². The highest BCUT2D eigenvalue weighted by atomic mass is 19.1. The lowest BCUT2D eigenvalue weighted by Crippen LogP contribution is -2.25. The molecule has 2 aromatic rings. The summed E-state index contributed by atoms with van der Waals surface area (Å²) < 4.78 is 14.5. The second kappa shape index (κ2) is 6.27. The maximum atomic E-state index is 14.5. The fourth-order valence-electron chi connectivity index (χ4n) is 2.93. The van der Waals surface area contributed by atoms with Gasteiger partial charge in [0, 0.05) is 18.8 Å². The summed E-state index contributed by atoms with van der Waals surface area (Å²) in [7, 11) is 0. The monoisotopic (exact) mass is 284 g/mol. The molecule has 0 aromatic heterocycles. The van der Waals surface area contributed by atoms with Crippen LogP contribution in [0.25, 0.3) is 0 Å². The number of anilines is 2. The van der Waals surface area contributed by atoms with Gasteiger partial charge in [-0.05, 0) is 48.7 Å². The zero-order valence-corrected chi connectivity index (χ0v) is 12.4. The van der Waals surface area contributed by atoms with Crippen LogP contribution in [0, 0.1) is 5.82 Å². The molecule has 2 aromatic carbocycles. The number of halogens is 1. The van der Waals surface area contributed by atoms with Crippen molar-refractivity contribution in [3.05, 3.63) is 59.4 Å². The number of nitrogens with zero attached hydrogens (tertiary/aromatic N) is 1. The van der Waals surface area contributed by atoms with Crippen LogP contribution in [0.15, 0.2) is 42.5 Å². The van der Waals surface area contributed by atoms with Gasteiger partial charge in [0.2, 0.25) is 0 Å². The quantitative estimate of drug-likeness (QED) is 0.912. The fourth-order valence-corrected chi connectivity index (χ4v) is 2.93. The highest BCUT2D eigenvalue weighted by Crippen LogP contribution is 2.34. The van der Waals surface area contributed by atoms with Crippen LogP contribution >= 0.6 is 0 Å². The van der Waals surface area contributed by atoms with Crippen LogP contribution < -0.4 is 10.2 Å². The van der Waals surface area contributed by atoms with E-state index in [1.165, 1.54) is 5.56 Å². The molecule has 0 radical (unpaired) electrons. The predicted octanol–water partition coefficient (Wildman–Crippen LogP) is 4.02. The van der Waals surface area contributed by atoms with Crippen LogP contribution in [0.1, 0.15) is 24.5 Å². The van der Waals surface area contributed by atoms with Gasteiger partial charge in [-0.1, -0.05) is 31.2 Å². The molecule has 0 fully saturated rings. The zero-order valence-electron chi connectivity index (χ0n) is 12.4. The van der Waals surface area contributed by atoms with Crippen molar-refractivity contribution in [2.75, 3.05) is 18.0 Å². The Bertz CT molecular complexity index is 624. The Balaban J connectivity index is 1.91. The van der Waals surface area contributed by atoms with E-state index in [9.17, 15) is 4.39 Å². The topological polar surface area (TPSA) is 15.3 Å². The number of hydrogen-bond acceptors (Lipinski definition) is 2. The Morgan fingerprint density at radius 3 is 2.81 bits per heavy atom. The predicted molar refractivity (Wildman–Crippen MR) is 85.5 cm³/mol. The molecule has 3 rings (SSSR count). The number of fused-ring (bicyclic) bond motifs is 1. The van der Waals surface area contributed by atoms with Gasteiger partial charge in [0.25, 0.3) is 0 Å². The van der Waals surface area contributed by atoms with Gasteiger partial charge in [-0.3, -0.25) is 0 Å². The number of para-hydroxylation sites is 1. The molecular weight excluding hydrogens is 263 g/mol. The maximum Gasteiger partial charge on any atom is 0.147 e. The summed E-state index contributed by atoms with van der Waals surface area (Å²) in [6.45, 7) is 4.53. The first kappa shape index (κ1) is 14.1. The van der Waals surface area contributed by atoms with E-state index in [0.29, 0.717) is 12.2 Å². The number of nitrogens with one attached hydrogen (secondary N) is 1. The molecule has 1 aliphatic rings. The van der Waals surface area contributed by atoms with Crippen LogP contribution in [0.3, 0.4) is 0 Å². The van der Waals surface area contributed by atoms with Crippen LogP contribution in [-0.2, 0) is 13.0 Å². The van der Waals surface area contributed by atoms with Gasteiger partial charge in [-0.15, -0.1) is 0 Å². The Morgan fingerprint density at radius 1 is 1.14 bits per heavy atom. The van der Waals surface area contributed by atoms with Crippen molar-refractivity contribution in [1.29, 1.82) is 0 Å². The second-order valence-electron chi connectivity index (χ2n) is 5.45. The van der Waals surface area contributed by atoms with E-state index in [0.717, 1.165) is 37.2 Å². The van der Waals surface area contributed by atoms with Crippen molar-refractivity contribution in [2.24, 2.45) is 0 Å². The van der Waals surface area contributed by atoms with Gasteiger partial charge in [-0.25, -0.2) is 4.39 Å². The molecule has 0 saturated carbocycles. The number of benzene rings is 2. The van der Waals surface area contributed by atoms with Crippen molar-refractivity contribution in [3.8, 4) is 0 Å². The number of rotatable bonds is 4. The molecule has 0 unspecified atom stereocenters. The zero-order chi connectivity index (χ0) is 14.7. The highest BCUT2D eigenvalue weighted by Gasteiger charge is 2.20. The van der Waals surface area contributed by atoms with Crippen molar-refractivity contribution in [3.63, 3.8) is 0 Å². The Kier molecular flexibility index (Phi) is 4.20. The van der Waals surface area contributed by atoms with Crippen molar-refractivity contribution in [2.45, 2.75) is 26.3 Å². The SMILES string of the molecule is CCNCc1ccc(N2CCCc3ccccc32)c(F)c1. The second-order valence-corrected chi connectivity index (χ2v) is 5.45. The minimum atomic E-state index is -0.137. The number of hydrogen-bond donors (Lipinski definition) is 1. The van der Waals surface area contributed by atoms with E-state index in [1.807, 2.05) is 18.2 Å². The molecule has 2 nitrogen and oxygen atoms in total. The summed E-state index contributed by atoms with van der Waals surface area (Å²) in [5, 5.41) is 3.23. The van der Waals surface area contributed by atoms with E-state index >= 15 is 0 Å². The fraction of sp³-hybridized carbons (Fsp3) is 0.333. The summed E-state index contributed by atoms with van der Waals surface area (Å²) in [6.07, 6.45) is 2.14. The molecule has 0 spiro atoms. The van der Waals surface area contributed by atoms with E-state index in [2.05, 4.69) is 35.3 Å². The Morgan fingerprint density at radius 2 is 2.00 bits per heavy atom. The molecule has 0 saturated heterocycles.